The molecular formula is C13H24O. The van der Waals surface area contributed by atoms with Crippen LogP contribution in [0.25, 0.3) is 0 Å². The first kappa shape index (κ1) is 13.4. The second kappa shape index (κ2) is 7.81. The molecule has 0 aromatic carbocycles. The van der Waals surface area contributed by atoms with E-state index in [0.29, 0.717) is 0 Å². The van der Waals surface area contributed by atoms with Gasteiger partial charge in [-0.25, -0.2) is 0 Å². The van der Waals surface area contributed by atoms with Gasteiger partial charge in [0.2, 0.25) is 0 Å². The van der Waals surface area contributed by atoms with Gasteiger partial charge in [-0.3, -0.25) is 0 Å². The maximum atomic E-state index is 5.45. The van der Waals surface area contributed by atoms with E-state index in [2.05, 4.69) is 39.8 Å². The van der Waals surface area contributed by atoms with E-state index in [-0.39, 0.29) is 6.10 Å². The van der Waals surface area contributed by atoms with Gasteiger partial charge >= 0.3 is 0 Å². The number of hydrogen-bond donors (Lipinski definition) is 0. The summed E-state index contributed by atoms with van der Waals surface area (Å²) in [6, 6.07) is 0. The van der Waals surface area contributed by atoms with Gasteiger partial charge in [0.15, 0.2) is 0 Å². The molecule has 0 radical (unpaired) electrons. The monoisotopic (exact) mass is 196 g/mol. The van der Waals surface area contributed by atoms with Crippen molar-refractivity contribution in [3.05, 3.63) is 23.3 Å². The van der Waals surface area contributed by atoms with Gasteiger partial charge < -0.3 is 4.74 Å². The van der Waals surface area contributed by atoms with Crippen LogP contribution in [0.1, 0.15) is 47.5 Å². The Morgan fingerprint density at radius 3 is 2.43 bits per heavy atom. The molecule has 82 valence electrons. The molecule has 0 spiro atoms. The second-order valence-electron chi connectivity index (χ2n) is 3.99. The highest BCUT2D eigenvalue weighted by Gasteiger charge is 1.96. The lowest BCUT2D eigenvalue weighted by Gasteiger charge is -2.07. The summed E-state index contributed by atoms with van der Waals surface area (Å²) in [6.07, 6.45) is 7.03. The smallest absolute Gasteiger partial charge is 0.0730 e. The molecule has 1 unspecified atom stereocenters. The summed E-state index contributed by atoms with van der Waals surface area (Å²) in [5.41, 5.74) is 2.82. The zero-order chi connectivity index (χ0) is 11.0. The molecular weight excluding hydrogens is 172 g/mol. The average Bonchev–Trinajstić information content (AvgIpc) is 2.03. The Balaban J connectivity index is 3.82. The quantitative estimate of drug-likeness (QED) is 0.581. The van der Waals surface area contributed by atoms with Crippen molar-refractivity contribution >= 4 is 0 Å². The van der Waals surface area contributed by atoms with Gasteiger partial charge in [-0.2, -0.15) is 0 Å². The number of hydrogen-bond acceptors (Lipinski definition) is 1. The molecule has 0 aromatic heterocycles. The summed E-state index contributed by atoms with van der Waals surface area (Å²) in [7, 11) is 0. The zero-order valence-electron chi connectivity index (χ0n) is 10.3. The van der Waals surface area contributed by atoms with E-state index in [9.17, 15) is 0 Å². The molecule has 0 aliphatic rings. The maximum Gasteiger partial charge on any atom is 0.0730 e. The number of rotatable bonds is 6. The molecule has 0 aliphatic carbocycles. The molecule has 0 saturated carbocycles. The normalized spacial score (nSPS) is 13.9. The molecule has 0 saturated heterocycles. The third-order valence-electron chi connectivity index (χ3n) is 2.04. The second-order valence-corrected chi connectivity index (χ2v) is 3.99. The molecule has 0 rings (SSSR count). The Bertz CT molecular complexity index is 197. The topological polar surface area (TPSA) is 9.23 Å². The van der Waals surface area contributed by atoms with Crippen molar-refractivity contribution in [1.82, 2.24) is 0 Å². The van der Waals surface area contributed by atoms with E-state index in [1.54, 1.807) is 0 Å². The van der Waals surface area contributed by atoms with Gasteiger partial charge in [-0.1, -0.05) is 23.3 Å². The maximum absolute atomic E-state index is 5.45. The van der Waals surface area contributed by atoms with Crippen molar-refractivity contribution in [1.29, 1.82) is 0 Å². The lowest BCUT2D eigenvalue weighted by atomic mass is 10.1. The first-order chi connectivity index (χ1) is 6.56. The molecule has 0 N–H and O–H groups in total. The third kappa shape index (κ3) is 8.06. The van der Waals surface area contributed by atoms with Crippen LogP contribution in [0.2, 0.25) is 0 Å². The van der Waals surface area contributed by atoms with Crippen molar-refractivity contribution in [3.8, 4) is 0 Å². The van der Waals surface area contributed by atoms with E-state index in [1.165, 1.54) is 11.1 Å². The van der Waals surface area contributed by atoms with Gasteiger partial charge in [-0.05, 0) is 47.5 Å². The van der Waals surface area contributed by atoms with Crippen LogP contribution in [0.4, 0.5) is 0 Å². The fourth-order valence-electron chi connectivity index (χ4n) is 1.38. The van der Waals surface area contributed by atoms with E-state index < -0.39 is 0 Å². The van der Waals surface area contributed by atoms with Crippen molar-refractivity contribution in [3.63, 3.8) is 0 Å². The van der Waals surface area contributed by atoms with Crippen LogP contribution < -0.4 is 0 Å². The number of allylic oxidation sites excluding steroid dienone is 3. The molecule has 0 amide bonds. The predicted molar refractivity (Wildman–Crippen MR) is 63.5 cm³/mol. The van der Waals surface area contributed by atoms with E-state index >= 15 is 0 Å². The standard InChI is InChI=1S/C13H24O/c1-6-14-13(5)10-12(4)9-7-8-11(2)3/h8,10,13H,6-7,9H2,1-5H3/b12-10+. The zero-order valence-corrected chi connectivity index (χ0v) is 10.3. The van der Waals surface area contributed by atoms with Crippen LogP contribution in [-0.4, -0.2) is 12.7 Å². The van der Waals surface area contributed by atoms with E-state index in [4.69, 9.17) is 4.74 Å². The molecule has 0 bridgehead atoms. The minimum Gasteiger partial charge on any atom is -0.375 e. The van der Waals surface area contributed by atoms with Crippen LogP contribution in [0.5, 0.6) is 0 Å². The number of ether oxygens (including phenoxy) is 1. The minimum absolute atomic E-state index is 0.256. The predicted octanol–water partition coefficient (Wildman–Crippen LogP) is 4.10. The van der Waals surface area contributed by atoms with Crippen LogP contribution >= 0.6 is 0 Å². The first-order valence-corrected chi connectivity index (χ1v) is 5.48. The Morgan fingerprint density at radius 2 is 1.93 bits per heavy atom. The average molecular weight is 196 g/mol. The Labute approximate surface area is 88.9 Å². The lowest BCUT2D eigenvalue weighted by molar-refractivity contribution is 0.109. The Kier molecular flexibility index (Phi) is 7.50. The van der Waals surface area contributed by atoms with Crippen molar-refractivity contribution in [2.45, 2.75) is 53.6 Å². The molecule has 0 fully saturated rings. The summed E-state index contributed by atoms with van der Waals surface area (Å²) in [5, 5.41) is 0. The summed E-state index contributed by atoms with van der Waals surface area (Å²) in [4.78, 5) is 0. The molecule has 1 heteroatoms. The Hall–Kier alpha value is -0.560. The van der Waals surface area contributed by atoms with E-state index in [0.717, 1.165) is 19.4 Å². The van der Waals surface area contributed by atoms with E-state index in [1.807, 2.05) is 6.92 Å². The summed E-state index contributed by atoms with van der Waals surface area (Å²) in [6.45, 7) is 11.4. The van der Waals surface area contributed by atoms with Gasteiger partial charge in [-0.15, -0.1) is 0 Å². The molecule has 14 heavy (non-hydrogen) atoms. The SMILES string of the molecule is CCOC(C)/C=C(\C)CCC=C(C)C. The fraction of sp³-hybridized carbons (Fsp3) is 0.692. The highest BCUT2D eigenvalue weighted by molar-refractivity contribution is 5.04. The summed E-state index contributed by atoms with van der Waals surface area (Å²) >= 11 is 0. The molecule has 0 aromatic rings. The summed E-state index contributed by atoms with van der Waals surface area (Å²) < 4.78 is 5.45. The van der Waals surface area contributed by atoms with Crippen LogP contribution in [0.15, 0.2) is 23.3 Å². The van der Waals surface area contributed by atoms with Crippen LogP contribution in [0.3, 0.4) is 0 Å². The third-order valence-corrected chi connectivity index (χ3v) is 2.04. The van der Waals surface area contributed by atoms with Crippen molar-refractivity contribution < 1.29 is 4.74 Å². The van der Waals surface area contributed by atoms with Gasteiger partial charge in [0.25, 0.3) is 0 Å². The van der Waals surface area contributed by atoms with Gasteiger partial charge in [0, 0.05) is 6.61 Å². The molecule has 1 atom stereocenters. The Morgan fingerprint density at radius 1 is 1.29 bits per heavy atom. The highest BCUT2D eigenvalue weighted by Crippen LogP contribution is 2.08. The largest absolute Gasteiger partial charge is 0.375 e. The molecule has 0 heterocycles. The van der Waals surface area contributed by atoms with Crippen molar-refractivity contribution in [2.24, 2.45) is 0 Å². The first-order valence-electron chi connectivity index (χ1n) is 5.48. The molecule has 0 aliphatic heterocycles. The lowest BCUT2D eigenvalue weighted by Crippen LogP contribution is -2.04. The van der Waals surface area contributed by atoms with Gasteiger partial charge in [0.05, 0.1) is 6.10 Å². The molecule has 1 nitrogen and oxygen atoms in total. The highest BCUT2D eigenvalue weighted by atomic mass is 16.5. The van der Waals surface area contributed by atoms with Crippen LogP contribution in [0, 0.1) is 0 Å². The minimum atomic E-state index is 0.256. The van der Waals surface area contributed by atoms with Crippen molar-refractivity contribution in [2.75, 3.05) is 6.61 Å². The fourth-order valence-corrected chi connectivity index (χ4v) is 1.38. The summed E-state index contributed by atoms with van der Waals surface area (Å²) in [5.74, 6) is 0. The van der Waals surface area contributed by atoms with Crippen LogP contribution in [-0.2, 0) is 4.74 Å². The van der Waals surface area contributed by atoms with Gasteiger partial charge in [0.1, 0.15) is 0 Å².